The molecule has 0 saturated carbocycles. The first-order chi connectivity index (χ1) is 16.3. The number of piperidine rings is 1. The molecule has 0 aromatic heterocycles. The molecule has 1 N–H and O–H groups in total. The summed E-state index contributed by atoms with van der Waals surface area (Å²) < 4.78 is 0. The molecule has 0 spiro atoms. The van der Waals surface area contributed by atoms with Crippen molar-refractivity contribution in [1.82, 2.24) is 19.6 Å². The molecule has 4 rings (SSSR count). The Morgan fingerprint density at radius 3 is 2.29 bits per heavy atom. The molecule has 10 heteroatoms. The minimum absolute atomic E-state index is 0.00468. The van der Waals surface area contributed by atoms with Crippen molar-refractivity contribution in [2.24, 2.45) is 5.92 Å². The molecule has 1 aromatic carbocycles. The topological polar surface area (TPSA) is 110 Å². The fraction of sp³-hybridized carbons (Fsp3) is 0.542. The first kappa shape index (κ1) is 23.7. The van der Waals surface area contributed by atoms with E-state index in [1.54, 1.807) is 14.7 Å². The summed E-state index contributed by atoms with van der Waals surface area (Å²) in [4.78, 5) is 68.0. The van der Waals surface area contributed by atoms with E-state index in [1.165, 1.54) is 0 Å². The van der Waals surface area contributed by atoms with E-state index in [-0.39, 0.29) is 55.0 Å². The highest BCUT2D eigenvalue weighted by molar-refractivity contribution is 6.04. The summed E-state index contributed by atoms with van der Waals surface area (Å²) in [5, 5.41) is 2.91. The zero-order chi connectivity index (χ0) is 24.2. The van der Waals surface area contributed by atoms with Gasteiger partial charge in [-0.3, -0.25) is 24.1 Å². The average molecular weight is 470 g/mol. The second kappa shape index (κ2) is 10.2. The van der Waals surface area contributed by atoms with Crippen LogP contribution in [-0.4, -0.2) is 95.1 Å². The molecule has 34 heavy (non-hydrogen) atoms. The number of nitrogens with zero attached hydrogens (tertiary/aromatic N) is 4. The highest BCUT2D eigenvalue weighted by Gasteiger charge is 2.35. The smallest absolute Gasteiger partial charge is 0.321 e. The van der Waals surface area contributed by atoms with Crippen LogP contribution < -0.4 is 5.32 Å². The summed E-state index contributed by atoms with van der Waals surface area (Å²) in [5.74, 6) is -1.14. The molecule has 1 aromatic rings. The summed E-state index contributed by atoms with van der Waals surface area (Å²) >= 11 is 0. The van der Waals surface area contributed by atoms with Crippen molar-refractivity contribution >= 4 is 35.3 Å². The Bertz CT molecular complexity index is 972. The summed E-state index contributed by atoms with van der Waals surface area (Å²) in [7, 11) is 0. The molecule has 3 fully saturated rings. The van der Waals surface area contributed by atoms with Crippen molar-refractivity contribution in [3.63, 3.8) is 0 Å². The molecule has 1 atom stereocenters. The zero-order valence-corrected chi connectivity index (χ0v) is 19.5. The summed E-state index contributed by atoms with van der Waals surface area (Å²) in [6.45, 7) is 4.25. The van der Waals surface area contributed by atoms with Crippen LogP contribution in [0.5, 0.6) is 0 Å². The van der Waals surface area contributed by atoms with E-state index in [2.05, 4.69) is 5.32 Å². The van der Waals surface area contributed by atoms with E-state index in [4.69, 9.17) is 0 Å². The molecule has 0 radical (unpaired) electrons. The number of piperazine rings is 1. The van der Waals surface area contributed by atoms with E-state index in [0.29, 0.717) is 39.3 Å². The maximum Gasteiger partial charge on any atom is 0.321 e. The van der Waals surface area contributed by atoms with Crippen LogP contribution in [0.25, 0.3) is 0 Å². The number of anilines is 1. The van der Waals surface area contributed by atoms with Crippen LogP contribution in [0.2, 0.25) is 0 Å². The number of imide groups is 1. The number of nitrogens with one attached hydrogen (secondary N) is 1. The lowest BCUT2D eigenvalue weighted by atomic mass is 9.96. The molecule has 3 saturated heterocycles. The predicted molar refractivity (Wildman–Crippen MR) is 124 cm³/mol. The van der Waals surface area contributed by atoms with Crippen LogP contribution >= 0.6 is 0 Å². The van der Waals surface area contributed by atoms with Crippen molar-refractivity contribution in [2.75, 3.05) is 51.1 Å². The van der Waals surface area contributed by atoms with Crippen LogP contribution in [0.1, 0.15) is 31.2 Å². The Morgan fingerprint density at radius 2 is 1.62 bits per heavy atom. The van der Waals surface area contributed by atoms with Gasteiger partial charge >= 0.3 is 6.03 Å². The van der Waals surface area contributed by atoms with E-state index in [9.17, 15) is 24.0 Å². The maximum atomic E-state index is 13.1. The van der Waals surface area contributed by atoms with Crippen LogP contribution in [-0.2, 0) is 19.2 Å². The number of hydrogen-bond donors (Lipinski definition) is 1. The molecule has 3 aliphatic heterocycles. The predicted octanol–water partition coefficient (Wildman–Crippen LogP) is 1.06. The number of urea groups is 1. The Balaban J connectivity index is 1.26. The third-order valence-corrected chi connectivity index (χ3v) is 6.72. The largest absolute Gasteiger partial charge is 0.339 e. The molecule has 6 amide bonds. The standard InChI is InChI=1S/C24H31N5O5/c1-17-4-2-6-19(14-17)25-24(34)28-9-3-5-18(15-28)23(33)27-12-10-26(11-13-27)22(32)16-29-20(30)7-8-21(29)31/h2,4,6,14,18H,3,5,7-13,15-16H2,1H3,(H,25,34). The summed E-state index contributed by atoms with van der Waals surface area (Å²) in [6, 6.07) is 7.39. The number of carbonyl (C=O) groups excluding carboxylic acids is 5. The van der Waals surface area contributed by atoms with E-state index >= 15 is 0 Å². The van der Waals surface area contributed by atoms with Crippen LogP contribution in [0, 0.1) is 12.8 Å². The normalized spacial score (nSPS) is 21.1. The fourth-order valence-corrected chi connectivity index (χ4v) is 4.76. The van der Waals surface area contributed by atoms with Crippen molar-refractivity contribution in [3.05, 3.63) is 29.8 Å². The quantitative estimate of drug-likeness (QED) is 0.663. The minimum Gasteiger partial charge on any atom is -0.339 e. The van der Waals surface area contributed by atoms with E-state index < -0.39 is 0 Å². The van der Waals surface area contributed by atoms with Gasteiger partial charge in [0.25, 0.3) is 0 Å². The number of benzene rings is 1. The van der Waals surface area contributed by atoms with Crippen molar-refractivity contribution in [2.45, 2.75) is 32.6 Å². The number of likely N-dealkylation sites (tertiary alicyclic amines) is 2. The minimum atomic E-state index is -0.305. The molecule has 3 heterocycles. The lowest BCUT2D eigenvalue weighted by Crippen LogP contribution is -2.55. The first-order valence-corrected chi connectivity index (χ1v) is 11.8. The molecule has 182 valence electrons. The molecule has 10 nitrogen and oxygen atoms in total. The molecule has 0 bridgehead atoms. The molecular formula is C24H31N5O5. The number of hydrogen-bond acceptors (Lipinski definition) is 5. The van der Waals surface area contributed by atoms with Crippen LogP contribution in [0.15, 0.2) is 24.3 Å². The van der Waals surface area contributed by atoms with E-state index in [0.717, 1.165) is 29.0 Å². The average Bonchev–Trinajstić information content (AvgIpc) is 3.16. The second-order valence-corrected chi connectivity index (χ2v) is 9.16. The Hall–Kier alpha value is -3.43. The van der Waals surface area contributed by atoms with Gasteiger partial charge in [-0.2, -0.15) is 0 Å². The first-order valence-electron chi connectivity index (χ1n) is 11.8. The SMILES string of the molecule is Cc1cccc(NC(=O)N2CCCC(C(=O)N3CCN(C(=O)CN4C(=O)CCC4=O)CC3)C2)c1. The Morgan fingerprint density at radius 1 is 0.941 bits per heavy atom. The number of rotatable bonds is 4. The molecule has 1 unspecified atom stereocenters. The van der Waals surface area contributed by atoms with Gasteiger partial charge in [0.1, 0.15) is 6.54 Å². The third kappa shape index (κ3) is 5.37. The highest BCUT2D eigenvalue weighted by Crippen LogP contribution is 2.21. The monoisotopic (exact) mass is 469 g/mol. The van der Waals surface area contributed by atoms with E-state index in [1.807, 2.05) is 31.2 Å². The highest BCUT2D eigenvalue weighted by atomic mass is 16.2. The lowest BCUT2D eigenvalue weighted by Gasteiger charge is -2.39. The number of carbonyl (C=O) groups is 5. The van der Waals surface area contributed by atoms with Crippen LogP contribution in [0.3, 0.4) is 0 Å². The van der Waals surface area contributed by atoms with Gasteiger partial charge in [0, 0.05) is 57.8 Å². The Labute approximate surface area is 198 Å². The van der Waals surface area contributed by atoms with Gasteiger partial charge in [-0.25, -0.2) is 4.79 Å². The van der Waals surface area contributed by atoms with Crippen molar-refractivity contribution < 1.29 is 24.0 Å². The van der Waals surface area contributed by atoms with Gasteiger partial charge < -0.3 is 20.0 Å². The summed E-state index contributed by atoms with van der Waals surface area (Å²) in [5.41, 5.74) is 1.79. The number of aryl methyl sites for hydroxylation is 1. The fourth-order valence-electron chi connectivity index (χ4n) is 4.76. The maximum absolute atomic E-state index is 13.1. The van der Waals surface area contributed by atoms with Crippen molar-refractivity contribution in [1.29, 1.82) is 0 Å². The van der Waals surface area contributed by atoms with Gasteiger partial charge in [0.2, 0.25) is 23.6 Å². The van der Waals surface area contributed by atoms with Gasteiger partial charge in [-0.15, -0.1) is 0 Å². The summed E-state index contributed by atoms with van der Waals surface area (Å²) in [6.07, 6.45) is 1.81. The van der Waals surface area contributed by atoms with Gasteiger partial charge in [-0.1, -0.05) is 12.1 Å². The van der Waals surface area contributed by atoms with Crippen LogP contribution in [0.4, 0.5) is 10.5 Å². The number of amides is 6. The zero-order valence-electron chi connectivity index (χ0n) is 19.5. The third-order valence-electron chi connectivity index (χ3n) is 6.72. The Kier molecular flexibility index (Phi) is 7.14. The van der Waals surface area contributed by atoms with Gasteiger partial charge in [-0.05, 0) is 37.5 Å². The molecule has 0 aliphatic carbocycles. The molecular weight excluding hydrogens is 438 g/mol. The van der Waals surface area contributed by atoms with Crippen molar-refractivity contribution in [3.8, 4) is 0 Å². The van der Waals surface area contributed by atoms with Gasteiger partial charge in [0.15, 0.2) is 0 Å². The van der Waals surface area contributed by atoms with Gasteiger partial charge in [0.05, 0.1) is 5.92 Å². The second-order valence-electron chi connectivity index (χ2n) is 9.16. The molecule has 3 aliphatic rings. The lowest BCUT2D eigenvalue weighted by molar-refractivity contribution is -0.147.